The van der Waals surface area contributed by atoms with E-state index in [0.717, 1.165) is 43.8 Å². The van der Waals surface area contributed by atoms with Gasteiger partial charge in [0.1, 0.15) is 5.76 Å². The lowest BCUT2D eigenvalue weighted by molar-refractivity contribution is 0.0660. The van der Waals surface area contributed by atoms with Gasteiger partial charge in [-0.15, -0.1) is 12.4 Å². The van der Waals surface area contributed by atoms with Crippen molar-refractivity contribution < 1.29 is 14.3 Å². The average molecular weight is 274 g/mol. The number of rotatable bonds is 5. The van der Waals surface area contributed by atoms with Crippen molar-refractivity contribution in [2.75, 3.05) is 13.1 Å². The molecule has 1 N–H and O–H groups in total. The largest absolute Gasteiger partial charge is 0.475 e. The van der Waals surface area contributed by atoms with Crippen molar-refractivity contribution in [3.05, 3.63) is 23.2 Å². The number of halogens is 1. The molecule has 1 fully saturated rings. The summed E-state index contributed by atoms with van der Waals surface area (Å²) >= 11 is 0. The first-order valence-corrected chi connectivity index (χ1v) is 6.28. The van der Waals surface area contributed by atoms with Crippen LogP contribution >= 0.6 is 12.4 Å². The van der Waals surface area contributed by atoms with Crippen LogP contribution in [0.5, 0.6) is 0 Å². The Morgan fingerprint density at radius 2 is 2.11 bits per heavy atom. The minimum absolute atomic E-state index is 0. The Bertz CT molecular complexity index is 397. The van der Waals surface area contributed by atoms with Gasteiger partial charge < -0.3 is 9.52 Å². The van der Waals surface area contributed by atoms with Crippen molar-refractivity contribution in [3.63, 3.8) is 0 Å². The zero-order valence-electron chi connectivity index (χ0n) is 10.6. The second kappa shape index (κ2) is 6.81. The van der Waals surface area contributed by atoms with E-state index in [1.807, 2.05) is 0 Å². The summed E-state index contributed by atoms with van der Waals surface area (Å²) in [6.07, 6.45) is 4.27. The highest BCUT2D eigenvalue weighted by Crippen LogP contribution is 2.21. The summed E-state index contributed by atoms with van der Waals surface area (Å²) in [6.45, 7) is 5.12. The minimum atomic E-state index is -0.977. The number of aromatic carboxylic acids is 1. The number of hydrogen-bond acceptors (Lipinski definition) is 3. The molecule has 5 heteroatoms. The van der Waals surface area contributed by atoms with Gasteiger partial charge in [-0.2, -0.15) is 0 Å². The molecule has 1 aliphatic rings. The Kier molecular flexibility index (Phi) is 5.69. The van der Waals surface area contributed by atoms with Crippen LogP contribution in [0.1, 0.15) is 48.1 Å². The molecule has 0 bridgehead atoms. The molecular formula is C13H20ClNO3. The van der Waals surface area contributed by atoms with Gasteiger partial charge in [0.05, 0.1) is 0 Å². The zero-order chi connectivity index (χ0) is 12.3. The first-order chi connectivity index (χ1) is 8.20. The van der Waals surface area contributed by atoms with Gasteiger partial charge in [0.2, 0.25) is 5.76 Å². The van der Waals surface area contributed by atoms with Gasteiger partial charge in [-0.3, -0.25) is 4.90 Å². The molecule has 0 aromatic carbocycles. The molecule has 1 aliphatic heterocycles. The summed E-state index contributed by atoms with van der Waals surface area (Å²) < 4.78 is 5.40. The Morgan fingerprint density at radius 3 is 2.67 bits per heavy atom. The molecule has 18 heavy (non-hydrogen) atoms. The lowest BCUT2D eigenvalue weighted by Gasteiger charge is -2.13. The predicted molar refractivity (Wildman–Crippen MR) is 71.4 cm³/mol. The van der Waals surface area contributed by atoms with Gasteiger partial charge in [-0.25, -0.2) is 4.79 Å². The van der Waals surface area contributed by atoms with E-state index in [-0.39, 0.29) is 18.2 Å². The van der Waals surface area contributed by atoms with Crippen molar-refractivity contribution in [1.29, 1.82) is 0 Å². The molecule has 2 heterocycles. The van der Waals surface area contributed by atoms with E-state index >= 15 is 0 Å². The molecule has 0 radical (unpaired) electrons. The number of furan rings is 1. The normalized spacial score (nSPS) is 15.6. The maximum atomic E-state index is 10.9. The Balaban J connectivity index is 0.00000162. The third-order valence-electron chi connectivity index (χ3n) is 3.18. The molecule has 1 aromatic rings. The van der Waals surface area contributed by atoms with Gasteiger partial charge in [-0.05, 0) is 38.4 Å². The number of carboxylic acids is 1. The van der Waals surface area contributed by atoms with Crippen molar-refractivity contribution in [3.8, 4) is 0 Å². The van der Waals surface area contributed by atoms with E-state index in [2.05, 4.69) is 11.8 Å². The highest BCUT2D eigenvalue weighted by atomic mass is 35.5. The average Bonchev–Trinajstić information content (AvgIpc) is 2.90. The molecule has 2 rings (SSSR count). The van der Waals surface area contributed by atoms with Crippen LogP contribution < -0.4 is 0 Å². The van der Waals surface area contributed by atoms with Gasteiger partial charge >= 0.3 is 5.97 Å². The third kappa shape index (κ3) is 3.50. The van der Waals surface area contributed by atoms with Gasteiger partial charge in [0, 0.05) is 18.5 Å². The van der Waals surface area contributed by atoms with Crippen LogP contribution in [0.2, 0.25) is 0 Å². The molecular weight excluding hydrogens is 254 g/mol. The molecule has 0 saturated carbocycles. The smallest absolute Gasteiger partial charge is 0.371 e. The first kappa shape index (κ1) is 15.1. The maximum Gasteiger partial charge on any atom is 0.371 e. The number of nitrogens with zero attached hydrogens (tertiary/aromatic N) is 1. The fourth-order valence-electron chi connectivity index (χ4n) is 2.33. The highest BCUT2D eigenvalue weighted by Gasteiger charge is 2.19. The fraction of sp³-hybridized carbons (Fsp3) is 0.615. The second-order valence-corrected chi connectivity index (χ2v) is 4.60. The summed E-state index contributed by atoms with van der Waals surface area (Å²) in [5, 5.41) is 8.94. The lowest BCUT2D eigenvalue weighted by atomic mass is 10.1. The summed E-state index contributed by atoms with van der Waals surface area (Å²) in [5.74, 6) is -0.0607. The standard InChI is InChI=1S/C13H19NO3.ClH/c1-2-5-11-10(8-12(17-11)13(15)16)9-14-6-3-4-7-14;/h8H,2-7,9H2,1H3,(H,15,16);1H. The van der Waals surface area contributed by atoms with Crippen LogP contribution in [0.15, 0.2) is 10.5 Å². The fourth-order valence-corrected chi connectivity index (χ4v) is 2.33. The summed E-state index contributed by atoms with van der Waals surface area (Å²) in [5.41, 5.74) is 1.05. The van der Waals surface area contributed by atoms with Crippen molar-refractivity contribution in [1.82, 2.24) is 4.90 Å². The quantitative estimate of drug-likeness (QED) is 0.896. The minimum Gasteiger partial charge on any atom is -0.475 e. The first-order valence-electron chi connectivity index (χ1n) is 6.28. The monoisotopic (exact) mass is 273 g/mol. The number of aryl methyl sites for hydroxylation is 1. The van der Waals surface area contributed by atoms with E-state index in [0.29, 0.717) is 0 Å². The summed E-state index contributed by atoms with van der Waals surface area (Å²) in [4.78, 5) is 13.3. The van der Waals surface area contributed by atoms with E-state index in [9.17, 15) is 4.79 Å². The van der Waals surface area contributed by atoms with E-state index < -0.39 is 5.97 Å². The predicted octanol–water partition coefficient (Wildman–Crippen LogP) is 2.95. The number of carboxylic acid groups (broad SMARTS) is 1. The number of likely N-dealkylation sites (tertiary alicyclic amines) is 1. The van der Waals surface area contributed by atoms with Crippen LogP contribution in [0, 0.1) is 0 Å². The maximum absolute atomic E-state index is 10.9. The van der Waals surface area contributed by atoms with Crippen LogP contribution in [-0.4, -0.2) is 29.1 Å². The van der Waals surface area contributed by atoms with Crippen molar-refractivity contribution in [2.45, 2.75) is 39.2 Å². The van der Waals surface area contributed by atoms with Crippen LogP contribution in [0.4, 0.5) is 0 Å². The van der Waals surface area contributed by atoms with Crippen molar-refractivity contribution >= 4 is 18.4 Å². The van der Waals surface area contributed by atoms with Gasteiger partial charge in [0.15, 0.2) is 0 Å². The molecule has 4 nitrogen and oxygen atoms in total. The SMILES string of the molecule is CCCc1oc(C(=O)O)cc1CN1CCCC1.Cl. The van der Waals surface area contributed by atoms with E-state index in [1.54, 1.807) is 6.07 Å². The lowest BCUT2D eigenvalue weighted by Crippen LogP contribution is -2.18. The molecule has 102 valence electrons. The van der Waals surface area contributed by atoms with Crippen LogP contribution in [-0.2, 0) is 13.0 Å². The second-order valence-electron chi connectivity index (χ2n) is 4.60. The highest BCUT2D eigenvalue weighted by molar-refractivity contribution is 5.85. The van der Waals surface area contributed by atoms with E-state index in [4.69, 9.17) is 9.52 Å². The van der Waals surface area contributed by atoms with Gasteiger partial charge in [0.25, 0.3) is 0 Å². The van der Waals surface area contributed by atoms with Crippen LogP contribution in [0.25, 0.3) is 0 Å². The van der Waals surface area contributed by atoms with E-state index in [1.165, 1.54) is 12.8 Å². The third-order valence-corrected chi connectivity index (χ3v) is 3.18. The van der Waals surface area contributed by atoms with Crippen molar-refractivity contribution in [2.24, 2.45) is 0 Å². The zero-order valence-corrected chi connectivity index (χ0v) is 11.5. The molecule has 1 aromatic heterocycles. The summed E-state index contributed by atoms with van der Waals surface area (Å²) in [7, 11) is 0. The molecule has 1 saturated heterocycles. The summed E-state index contributed by atoms with van der Waals surface area (Å²) in [6, 6.07) is 1.69. The molecule has 0 amide bonds. The van der Waals surface area contributed by atoms with Crippen LogP contribution in [0.3, 0.4) is 0 Å². The molecule has 0 spiro atoms. The Morgan fingerprint density at radius 1 is 1.44 bits per heavy atom. The topological polar surface area (TPSA) is 53.7 Å². The number of hydrogen-bond donors (Lipinski definition) is 1. The molecule has 0 atom stereocenters. The molecule has 0 aliphatic carbocycles. The Labute approximate surface area is 113 Å². The Hall–Kier alpha value is -1.00. The number of carbonyl (C=O) groups is 1. The molecule has 0 unspecified atom stereocenters. The van der Waals surface area contributed by atoms with Gasteiger partial charge in [-0.1, -0.05) is 6.92 Å².